The Hall–Kier alpha value is -1.61. The zero-order valence-corrected chi connectivity index (χ0v) is 10.1. The molecule has 3 rings (SSSR count). The van der Waals surface area contributed by atoms with Crippen LogP contribution in [0.25, 0.3) is 11.3 Å². The van der Waals surface area contributed by atoms with Crippen LogP contribution in [0, 0.1) is 0 Å². The van der Waals surface area contributed by atoms with Crippen LogP contribution in [0.15, 0.2) is 24.3 Å². The van der Waals surface area contributed by atoms with E-state index < -0.39 is 0 Å². The largest absolute Gasteiger partial charge is 0.344 e. The smallest absolute Gasteiger partial charge is 0.121 e. The Kier molecular flexibility index (Phi) is 2.69. The van der Waals surface area contributed by atoms with Crippen LogP contribution in [0.2, 0.25) is 0 Å². The molecule has 1 heterocycles. The first-order valence-corrected chi connectivity index (χ1v) is 6.19. The summed E-state index contributed by atoms with van der Waals surface area (Å²) in [5.74, 6) is 1.04. The SMILES string of the molecule is CNCc1nc2c([nH]1)CCCc1ccccc1-2. The molecule has 17 heavy (non-hydrogen) atoms. The van der Waals surface area contributed by atoms with Crippen molar-refractivity contribution < 1.29 is 0 Å². The van der Waals surface area contributed by atoms with Crippen molar-refractivity contribution in [1.29, 1.82) is 0 Å². The van der Waals surface area contributed by atoms with Crippen LogP contribution >= 0.6 is 0 Å². The summed E-state index contributed by atoms with van der Waals surface area (Å²) in [4.78, 5) is 8.17. The maximum absolute atomic E-state index is 4.72. The van der Waals surface area contributed by atoms with Gasteiger partial charge in [-0.2, -0.15) is 0 Å². The highest BCUT2D eigenvalue weighted by atomic mass is 15.0. The number of benzene rings is 1. The Labute approximate surface area is 101 Å². The van der Waals surface area contributed by atoms with Crippen LogP contribution < -0.4 is 5.32 Å². The van der Waals surface area contributed by atoms with Gasteiger partial charge in [-0.1, -0.05) is 24.3 Å². The fraction of sp³-hybridized carbons (Fsp3) is 0.357. The van der Waals surface area contributed by atoms with E-state index in [1.165, 1.54) is 23.2 Å². The van der Waals surface area contributed by atoms with Gasteiger partial charge in [-0.25, -0.2) is 4.98 Å². The van der Waals surface area contributed by atoms with Crippen LogP contribution in [0.3, 0.4) is 0 Å². The summed E-state index contributed by atoms with van der Waals surface area (Å²) in [6.45, 7) is 0.801. The van der Waals surface area contributed by atoms with E-state index in [4.69, 9.17) is 4.98 Å². The minimum atomic E-state index is 0.801. The van der Waals surface area contributed by atoms with Gasteiger partial charge in [-0.05, 0) is 31.9 Å². The Morgan fingerprint density at radius 1 is 1.29 bits per heavy atom. The fourth-order valence-corrected chi connectivity index (χ4v) is 2.54. The van der Waals surface area contributed by atoms with Crippen molar-refractivity contribution in [1.82, 2.24) is 15.3 Å². The van der Waals surface area contributed by atoms with E-state index in [2.05, 4.69) is 34.6 Å². The van der Waals surface area contributed by atoms with Crippen molar-refractivity contribution in [3.8, 4) is 11.3 Å². The van der Waals surface area contributed by atoms with E-state index >= 15 is 0 Å². The number of rotatable bonds is 2. The van der Waals surface area contributed by atoms with Gasteiger partial charge in [0.25, 0.3) is 0 Å². The molecular weight excluding hydrogens is 210 g/mol. The lowest BCUT2D eigenvalue weighted by Gasteiger charge is -2.03. The molecule has 2 N–H and O–H groups in total. The summed E-state index contributed by atoms with van der Waals surface area (Å²) in [5.41, 5.74) is 5.18. The summed E-state index contributed by atoms with van der Waals surface area (Å²) in [7, 11) is 1.95. The van der Waals surface area contributed by atoms with Gasteiger partial charge in [0.15, 0.2) is 0 Å². The number of imidazole rings is 1. The molecule has 0 amide bonds. The molecule has 2 aromatic rings. The first kappa shape index (κ1) is 10.5. The third-order valence-corrected chi connectivity index (χ3v) is 3.32. The van der Waals surface area contributed by atoms with Crippen LogP contribution in [0.1, 0.15) is 23.5 Å². The molecule has 1 aromatic carbocycles. The van der Waals surface area contributed by atoms with Gasteiger partial charge < -0.3 is 10.3 Å². The predicted molar refractivity (Wildman–Crippen MR) is 68.8 cm³/mol. The minimum absolute atomic E-state index is 0.801. The highest BCUT2D eigenvalue weighted by molar-refractivity contribution is 5.67. The number of nitrogens with one attached hydrogen (secondary N) is 2. The van der Waals surface area contributed by atoms with Crippen LogP contribution in [-0.4, -0.2) is 17.0 Å². The lowest BCUT2D eigenvalue weighted by Crippen LogP contribution is -2.06. The number of aromatic amines is 1. The molecule has 3 nitrogen and oxygen atoms in total. The lowest BCUT2D eigenvalue weighted by atomic mass is 10.0. The number of H-pyrrole nitrogens is 1. The van der Waals surface area contributed by atoms with Crippen LogP contribution in [0.4, 0.5) is 0 Å². The fourth-order valence-electron chi connectivity index (χ4n) is 2.54. The van der Waals surface area contributed by atoms with Crippen molar-refractivity contribution in [3.63, 3.8) is 0 Å². The average Bonchev–Trinajstić information content (AvgIpc) is 2.66. The third-order valence-electron chi connectivity index (χ3n) is 3.32. The Morgan fingerprint density at radius 3 is 3.06 bits per heavy atom. The molecule has 1 aliphatic carbocycles. The second kappa shape index (κ2) is 4.34. The van der Waals surface area contributed by atoms with Gasteiger partial charge in [0.2, 0.25) is 0 Å². The molecule has 0 radical (unpaired) electrons. The monoisotopic (exact) mass is 227 g/mol. The van der Waals surface area contributed by atoms with Crippen LogP contribution in [0.5, 0.6) is 0 Å². The van der Waals surface area contributed by atoms with Gasteiger partial charge in [0.1, 0.15) is 5.82 Å². The van der Waals surface area contributed by atoms with E-state index in [1.807, 2.05) is 7.05 Å². The molecule has 3 heteroatoms. The number of aryl methyl sites for hydroxylation is 2. The number of hydrogen-bond donors (Lipinski definition) is 2. The van der Waals surface area contributed by atoms with Crippen LogP contribution in [-0.2, 0) is 19.4 Å². The van der Waals surface area contributed by atoms with Crippen molar-refractivity contribution in [2.45, 2.75) is 25.8 Å². The topological polar surface area (TPSA) is 40.7 Å². The lowest BCUT2D eigenvalue weighted by molar-refractivity contribution is 0.759. The third kappa shape index (κ3) is 1.87. The zero-order chi connectivity index (χ0) is 11.7. The number of aromatic nitrogens is 2. The second-order valence-electron chi connectivity index (χ2n) is 4.55. The summed E-state index contributed by atoms with van der Waals surface area (Å²) >= 11 is 0. The summed E-state index contributed by atoms with van der Waals surface area (Å²) < 4.78 is 0. The molecule has 0 atom stereocenters. The molecule has 88 valence electrons. The molecule has 0 fully saturated rings. The maximum Gasteiger partial charge on any atom is 0.121 e. The number of hydrogen-bond acceptors (Lipinski definition) is 2. The standard InChI is InChI=1S/C14H17N3/c1-15-9-13-16-12-8-4-6-10-5-2-3-7-11(10)14(12)17-13/h2-3,5,7,15H,4,6,8-9H2,1H3,(H,16,17). The molecule has 0 spiro atoms. The van der Waals surface area contributed by atoms with Gasteiger partial charge in [0.05, 0.1) is 12.2 Å². The molecule has 0 aliphatic heterocycles. The van der Waals surface area contributed by atoms with Crippen molar-refractivity contribution in [2.75, 3.05) is 7.05 Å². The molecule has 0 saturated heterocycles. The molecule has 0 saturated carbocycles. The predicted octanol–water partition coefficient (Wildman–Crippen LogP) is 2.28. The number of fused-ring (bicyclic) bond motifs is 3. The minimum Gasteiger partial charge on any atom is -0.344 e. The second-order valence-corrected chi connectivity index (χ2v) is 4.55. The van der Waals surface area contributed by atoms with E-state index in [-0.39, 0.29) is 0 Å². The Morgan fingerprint density at radius 2 is 2.18 bits per heavy atom. The maximum atomic E-state index is 4.72. The normalized spacial score (nSPS) is 13.9. The van der Waals surface area contributed by atoms with Crippen molar-refractivity contribution in [2.24, 2.45) is 0 Å². The highest BCUT2D eigenvalue weighted by Gasteiger charge is 2.17. The van der Waals surface area contributed by atoms with Crippen molar-refractivity contribution >= 4 is 0 Å². The van der Waals surface area contributed by atoms with Crippen molar-refractivity contribution in [3.05, 3.63) is 41.3 Å². The van der Waals surface area contributed by atoms with Gasteiger partial charge in [0, 0.05) is 11.3 Å². The quantitative estimate of drug-likeness (QED) is 0.826. The summed E-state index contributed by atoms with van der Waals surface area (Å²) in [5, 5.41) is 3.14. The molecule has 1 aliphatic rings. The molecule has 0 bridgehead atoms. The number of nitrogens with zero attached hydrogens (tertiary/aromatic N) is 1. The van der Waals surface area contributed by atoms with E-state index in [1.54, 1.807) is 0 Å². The molecule has 0 unspecified atom stereocenters. The van der Waals surface area contributed by atoms with E-state index in [0.29, 0.717) is 0 Å². The zero-order valence-electron chi connectivity index (χ0n) is 10.1. The van der Waals surface area contributed by atoms with E-state index in [9.17, 15) is 0 Å². The molecule has 1 aromatic heterocycles. The molecular formula is C14H17N3. The first-order chi connectivity index (χ1) is 8.38. The highest BCUT2D eigenvalue weighted by Crippen LogP contribution is 2.30. The Balaban J connectivity index is 2.11. The van der Waals surface area contributed by atoms with Gasteiger partial charge in [-0.3, -0.25) is 0 Å². The Bertz CT molecular complexity index is 528. The summed E-state index contributed by atoms with van der Waals surface area (Å²) in [6, 6.07) is 8.62. The van der Waals surface area contributed by atoms with E-state index in [0.717, 1.165) is 30.9 Å². The average molecular weight is 227 g/mol. The van der Waals surface area contributed by atoms with Gasteiger partial charge in [-0.15, -0.1) is 0 Å². The van der Waals surface area contributed by atoms with Gasteiger partial charge >= 0.3 is 0 Å². The first-order valence-electron chi connectivity index (χ1n) is 6.19. The summed E-state index contributed by atoms with van der Waals surface area (Å²) in [6.07, 6.45) is 3.45.